The van der Waals surface area contributed by atoms with Crippen LogP contribution in [0.15, 0.2) is 83.8 Å². The fraction of sp³-hybridized carbons (Fsp3) is 0.321. The van der Waals surface area contributed by atoms with Gasteiger partial charge in [0.25, 0.3) is 10.0 Å². The van der Waals surface area contributed by atoms with Crippen molar-refractivity contribution in [1.29, 1.82) is 0 Å². The highest BCUT2D eigenvalue weighted by Crippen LogP contribution is 2.27. The molecule has 3 rings (SSSR count). The SMILES string of the molecule is CCOc1ccc(S(=O)(=O)N(CC(=O)N[C@H](CC(C)C)c2ccc(OC)cc2)c2ccccc2)cc1. The Bertz CT molecular complexity index is 1210. The average molecular weight is 511 g/mol. The zero-order chi connectivity index (χ0) is 26.1. The molecule has 0 saturated heterocycles. The number of carbonyl (C=O) groups excluding carboxylic acids is 1. The minimum absolute atomic E-state index is 0.0801. The molecule has 0 aliphatic heterocycles. The maximum absolute atomic E-state index is 13.6. The summed E-state index contributed by atoms with van der Waals surface area (Å²) in [5.41, 5.74) is 1.34. The number of hydrogen-bond acceptors (Lipinski definition) is 5. The number of nitrogens with zero attached hydrogens (tertiary/aromatic N) is 1. The quantitative estimate of drug-likeness (QED) is 0.362. The molecule has 1 N–H and O–H groups in total. The van der Waals surface area contributed by atoms with Crippen LogP contribution in [0.1, 0.15) is 38.8 Å². The number of hydrogen-bond donors (Lipinski definition) is 1. The summed E-state index contributed by atoms with van der Waals surface area (Å²) in [6.45, 7) is 6.14. The van der Waals surface area contributed by atoms with Gasteiger partial charge in [-0.3, -0.25) is 9.10 Å². The number of methoxy groups -OCH3 is 1. The first kappa shape index (κ1) is 27.1. The number of amides is 1. The lowest BCUT2D eigenvalue weighted by molar-refractivity contribution is -0.120. The highest BCUT2D eigenvalue weighted by atomic mass is 32.2. The lowest BCUT2D eigenvalue weighted by atomic mass is 9.97. The Kier molecular flexibility index (Phi) is 9.36. The van der Waals surface area contributed by atoms with E-state index in [9.17, 15) is 13.2 Å². The topological polar surface area (TPSA) is 84.9 Å². The van der Waals surface area contributed by atoms with Gasteiger partial charge in [0, 0.05) is 0 Å². The molecule has 3 aromatic carbocycles. The van der Waals surface area contributed by atoms with Crippen LogP contribution >= 0.6 is 0 Å². The van der Waals surface area contributed by atoms with Crippen LogP contribution in [0, 0.1) is 5.92 Å². The standard InChI is InChI=1S/C28H34N2O5S/c1-5-35-25-15-17-26(18-16-25)36(32,33)30(23-9-7-6-8-10-23)20-28(31)29-27(19-21(2)3)22-11-13-24(34-4)14-12-22/h6-18,21,27H,5,19-20H2,1-4H3,(H,29,31)/t27-/m1/s1. The molecule has 192 valence electrons. The van der Waals surface area contributed by atoms with E-state index >= 15 is 0 Å². The van der Waals surface area contributed by atoms with E-state index in [1.807, 2.05) is 31.2 Å². The lowest BCUT2D eigenvalue weighted by Gasteiger charge is -2.26. The first-order valence-electron chi connectivity index (χ1n) is 12.0. The van der Waals surface area contributed by atoms with Crippen LogP contribution in [0.4, 0.5) is 5.69 Å². The van der Waals surface area contributed by atoms with Gasteiger partial charge >= 0.3 is 0 Å². The Morgan fingerprint density at radius 3 is 2.08 bits per heavy atom. The molecule has 0 bridgehead atoms. The van der Waals surface area contributed by atoms with Crippen molar-refractivity contribution in [2.75, 3.05) is 24.6 Å². The van der Waals surface area contributed by atoms with Gasteiger partial charge in [-0.1, -0.05) is 44.2 Å². The molecule has 0 radical (unpaired) electrons. The molecule has 0 unspecified atom stereocenters. The largest absolute Gasteiger partial charge is 0.497 e. The summed E-state index contributed by atoms with van der Waals surface area (Å²) >= 11 is 0. The number of anilines is 1. The summed E-state index contributed by atoms with van der Waals surface area (Å²) in [4.78, 5) is 13.4. The van der Waals surface area contributed by atoms with Crippen LogP contribution in [0.25, 0.3) is 0 Å². The third kappa shape index (κ3) is 7.01. The molecule has 3 aromatic rings. The third-order valence-electron chi connectivity index (χ3n) is 5.61. The zero-order valence-corrected chi connectivity index (χ0v) is 22.0. The number of carbonyl (C=O) groups is 1. The van der Waals surface area contributed by atoms with Crippen LogP contribution < -0.4 is 19.1 Å². The minimum Gasteiger partial charge on any atom is -0.497 e. The van der Waals surface area contributed by atoms with Gasteiger partial charge in [-0.15, -0.1) is 0 Å². The van der Waals surface area contributed by atoms with Crippen molar-refractivity contribution in [3.63, 3.8) is 0 Å². The number of para-hydroxylation sites is 1. The van der Waals surface area contributed by atoms with E-state index in [1.165, 1.54) is 12.1 Å². The van der Waals surface area contributed by atoms with Gasteiger partial charge in [0.1, 0.15) is 18.0 Å². The molecule has 8 heteroatoms. The summed E-state index contributed by atoms with van der Waals surface area (Å²) in [7, 11) is -2.41. The fourth-order valence-corrected chi connectivity index (χ4v) is 5.29. The van der Waals surface area contributed by atoms with Crippen molar-refractivity contribution in [3.05, 3.63) is 84.4 Å². The number of nitrogens with one attached hydrogen (secondary N) is 1. The Hall–Kier alpha value is -3.52. The monoisotopic (exact) mass is 510 g/mol. The number of benzene rings is 3. The summed E-state index contributed by atoms with van der Waals surface area (Å²) in [6.07, 6.45) is 0.703. The zero-order valence-electron chi connectivity index (χ0n) is 21.2. The number of rotatable bonds is 12. The Labute approximate surface area is 214 Å². The van der Waals surface area contributed by atoms with E-state index in [4.69, 9.17) is 9.47 Å². The van der Waals surface area contributed by atoms with Crippen molar-refractivity contribution in [2.24, 2.45) is 5.92 Å². The van der Waals surface area contributed by atoms with Crippen LogP contribution in [0.2, 0.25) is 0 Å². The second-order valence-electron chi connectivity index (χ2n) is 8.77. The molecule has 1 atom stereocenters. The highest BCUT2D eigenvalue weighted by molar-refractivity contribution is 7.92. The van der Waals surface area contributed by atoms with Crippen molar-refractivity contribution in [1.82, 2.24) is 5.32 Å². The number of sulfonamides is 1. The van der Waals surface area contributed by atoms with Crippen LogP contribution in [-0.4, -0.2) is 34.6 Å². The fourth-order valence-electron chi connectivity index (χ4n) is 3.87. The van der Waals surface area contributed by atoms with Gasteiger partial charge < -0.3 is 14.8 Å². The van der Waals surface area contributed by atoms with Crippen LogP contribution in [-0.2, 0) is 14.8 Å². The van der Waals surface area contributed by atoms with Gasteiger partial charge in [0.05, 0.1) is 30.3 Å². The van der Waals surface area contributed by atoms with Crippen molar-refractivity contribution in [3.8, 4) is 11.5 Å². The minimum atomic E-state index is -4.01. The van der Waals surface area contributed by atoms with Crippen molar-refractivity contribution < 1.29 is 22.7 Å². The van der Waals surface area contributed by atoms with Gasteiger partial charge in [-0.25, -0.2) is 8.42 Å². The van der Waals surface area contributed by atoms with E-state index < -0.39 is 15.9 Å². The highest BCUT2D eigenvalue weighted by Gasteiger charge is 2.28. The van der Waals surface area contributed by atoms with Crippen molar-refractivity contribution >= 4 is 21.6 Å². The summed E-state index contributed by atoms with van der Waals surface area (Å²) in [5, 5.41) is 3.05. The smallest absolute Gasteiger partial charge is 0.264 e. The summed E-state index contributed by atoms with van der Waals surface area (Å²) < 4.78 is 39.1. The maximum atomic E-state index is 13.6. The van der Waals surface area contributed by atoms with Crippen LogP contribution in [0.5, 0.6) is 11.5 Å². The molecule has 36 heavy (non-hydrogen) atoms. The Morgan fingerprint density at radius 2 is 1.53 bits per heavy atom. The number of ether oxygens (including phenoxy) is 2. The first-order valence-corrected chi connectivity index (χ1v) is 13.4. The molecule has 1 amide bonds. The van der Waals surface area contributed by atoms with Crippen molar-refractivity contribution in [2.45, 2.75) is 38.1 Å². The van der Waals surface area contributed by atoms with Gasteiger partial charge in [0.2, 0.25) is 5.91 Å². The molecule has 0 aliphatic rings. The van der Waals surface area contributed by atoms with E-state index in [2.05, 4.69) is 19.2 Å². The molecule has 7 nitrogen and oxygen atoms in total. The van der Waals surface area contributed by atoms with E-state index in [-0.39, 0.29) is 17.5 Å². The third-order valence-corrected chi connectivity index (χ3v) is 7.40. The predicted molar refractivity (Wildman–Crippen MR) is 142 cm³/mol. The maximum Gasteiger partial charge on any atom is 0.264 e. The van der Waals surface area contributed by atoms with E-state index in [0.29, 0.717) is 30.4 Å². The normalized spacial score (nSPS) is 12.1. The molecule has 0 heterocycles. The molecule has 0 saturated carbocycles. The van der Waals surface area contributed by atoms with Gasteiger partial charge in [0.15, 0.2) is 0 Å². The Morgan fingerprint density at radius 1 is 0.917 bits per heavy atom. The van der Waals surface area contributed by atoms with Crippen LogP contribution in [0.3, 0.4) is 0 Å². The Balaban J connectivity index is 1.88. The second-order valence-corrected chi connectivity index (χ2v) is 10.6. The lowest BCUT2D eigenvalue weighted by Crippen LogP contribution is -2.42. The molecular weight excluding hydrogens is 476 g/mol. The molecular formula is C28H34N2O5S. The molecule has 0 aromatic heterocycles. The summed E-state index contributed by atoms with van der Waals surface area (Å²) in [5.74, 6) is 1.23. The van der Waals surface area contributed by atoms with Gasteiger partial charge in [-0.2, -0.15) is 0 Å². The van der Waals surface area contributed by atoms with E-state index in [0.717, 1.165) is 15.6 Å². The first-order chi connectivity index (χ1) is 17.2. The van der Waals surface area contributed by atoms with Gasteiger partial charge in [-0.05, 0) is 73.4 Å². The second kappa shape index (κ2) is 12.4. The van der Waals surface area contributed by atoms with E-state index in [1.54, 1.807) is 49.6 Å². The molecule has 0 fully saturated rings. The molecule has 0 spiro atoms. The average Bonchev–Trinajstić information content (AvgIpc) is 2.87. The predicted octanol–water partition coefficient (Wildman–Crippen LogP) is 5.19. The molecule has 0 aliphatic carbocycles. The summed E-state index contributed by atoms with van der Waals surface area (Å²) in [6, 6.07) is 22.1.